The number of oxazole rings is 1. The molecule has 6 heteroatoms. The molecule has 3 aromatic carbocycles. The van der Waals surface area contributed by atoms with Gasteiger partial charge in [-0.3, -0.25) is 4.79 Å². The maximum absolute atomic E-state index is 12.0. The Hall–Kier alpha value is -3.31. The third-order valence-corrected chi connectivity index (χ3v) is 4.11. The normalized spacial score (nSPS) is 10.7. The van der Waals surface area contributed by atoms with Crippen LogP contribution in [0.1, 0.15) is 0 Å². The van der Waals surface area contributed by atoms with Gasteiger partial charge >= 0.3 is 0 Å². The minimum absolute atomic E-state index is 0.0579. The first-order chi connectivity index (χ1) is 13.2. The van der Waals surface area contributed by atoms with Gasteiger partial charge in [-0.2, -0.15) is 0 Å². The first kappa shape index (κ1) is 17.1. The number of nitrogens with zero attached hydrogens (tertiary/aromatic N) is 1. The van der Waals surface area contributed by atoms with Gasteiger partial charge < -0.3 is 14.5 Å². The van der Waals surface area contributed by atoms with Gasteiger partial charge in [0.05, 0.1) is 0 Å². The summed E-state index contributed by atoms with van der Waals surface area (Å²) in [6.45, 7) is -0.0579. The summed E-state index contributed by atoms with van der Waals surface area (Å²) in [5, 5.41) is 3.39. The fraction of sp³-hybridized carbons (Fsp3) is 0.0476. The second kappa shape index (κ2) is 7.51. The second-order valence-electron chi connectivity index (χ2n) is 5.86. The van der Waals surface area contributed by atoms with Crippen molar-refractivity contribution in [3.63, 3.8) is 0 Å². The SMILES string of the molecule is O=C(COc1ccccc1)Nc1ccc(-c2nc3ccc(Cl)cc3o2)cc1. The lowest BCUT2D eigenvalue weighted by molar-refractivity contribution is -0.118. The largest absolute Gasteiger partial charge is 0.484 e. The third-order valence-electron chi connectivity index (χ3n) is 3.88. The number of anilines is 1. The fourth-order valence-electron chi connectivity index (χ4n) is 2.58. The fourth-order valence-corrected chi connectivity index (χ4v) is 2.74. The number of fused-ring (bicyclic) bond motifs is 1. The van der Waals surface area contributed by atoms with Crippen LogP contribution in [0.25, 0.3) is 22.6 Å². The predicted molar refractivity (Wildman–Crippen MR) is 105 cm³/mol. The van der Waals surface area contributed by atoms with Gasteiger partial charge in [0, 0.05) is 22.3 Å². The number of amides is 1. The number of carbonyl (C=O) groups excluding carboxylic acids is 1. The van der Waals surface area contributed by atoms with Gasteiger partial charge in [0.2, 0.25) is 5.89 Å². The van der Waals surface area contributed by atoms with Crippen LogP contribution in [0.15, 0.2) is 77.2 Å². The van der Waals surface area contributed by atoms with Crippen LogP contribution in [0.4, 0.5) is 5.69 Å². The van der Waals surface area contributed by atoms with Crippen LogP contribution in [0, 0.1) is 0 Å². The average molecular weight is 379 g/mol. The van der Waals surface area contributed by atoms with Crippen LogP contribution in [0.3, 0.4) is 0 Å². The number of nitrogens with one attached hydrogen (secondary N) is 1. The van der Waals surface area contributed by atoms with Crippen LogP contribution < -0.4 is 10.1 Å². The molecule has 4 rings (SSSR count). The molecule has 1 heterocycles. The van der Waals surface area contributed by atoms with Gasteiger partial charge in [0.25, 0.3) is 5.91 Å². The van der Waals surface area contributed by atoms with Crippen molar-refractivity contribution in [3.8, 4) is 17.2 Å². The molecule has 0 atom stereocenters. The van der Waals surface area contributed by atoms with E-state index in [0.717, 1.165) is 11.1 Å². The van der Waals surface area contributed by atoms with Crippen molar-refractivity contribution in [3.05, 3.63) is 77.8 Å². The number of aromatic nitrogens is 1. The van der Waals surface area contributed by atoms with E-state index in [1.54, 1.807) is 36.4 Å². The predicted octanol–water partition coefficient (Wildman–Crippen LogP) is 5.17. The Morgan fingerprint density at radius 3 is 2.59 bits per heavy atom. The molecule has 134 valence electrons. The molecule has 5 nitrogen and oxygen atoms in total. The molecule has 1 aromatic heterocycles. The zero-order valence-electron chi connectivity index (χ0n) is 14.2. The van der Waals surface area contributed by atoms with E-state index in [1.165, 1.54) is 0 Å². The van der Waals surface area contributed by atoms with Crippen LogP contribution in [0.2, 0.25) is 5.02 Å². The van der Waals surface area contributed by atoms with Crippen molar-refractivity contribution < 1.29 is 13.9 Å². The number of rotatable bonds is 5. The van der Waals surface area contributed by atoms with Crippen molar-refractivity contribution in [1.29, 1.82) is 0 Å². The number of halogens is 1. The van der Waals surface area contributed by atoms with Gasteiger partial charge in [0.1, 0.15) is 11.3 Å². The molecule has 0 radical (unpaired) electrons. The highest BCUT2D eigenvalue weighted by Gasteiger charge is 2.09. The van der Waals surface area contributed by atoms with Crippen molar-refractivity contribution in [2.45, 2.75) is 0 Å². The molecule has 4 aromatic rings. The Morgan fingerprint density at radius 1 is 1.04 bits per heavy atom. The monoisotopic (exact) mass is 378 g/mol. The van der Waals surface area contributed by atoms with Crippen LogP contribution in [-0.2, 0) is 4.79 Å². The van der Waals surface area contributed by atoms with Crippen molar-refractivity contribution in [2.75, 3.05) is 11.9 Å². The standard InChI is InChI=1S/C21H15ClN2O3/c22-15-8-11-18-19(12-15)27-21(24-18)14-6-9-16(10-7-14)23-20(25)13-26-17-4-2-1-3-5-17/h1-12H,13H2,(H,23,25). The summed E-state index contributed by atoms with van der Waals surface area (Å²) in [5.74, 6) is 0.916. The summed E-state index contributed by atoms with van der Waals surface area (Å²) in [5.41, 5.74) is 2.85. The molecule has 1 amide bonds. The maximum Gasteiger partial charge on any atom is 0.262 e. The summed E-state index contributed by atoms with van der Waals surface area (Å²) in [6, 6.07) is 21.8. The zero-order chi connectivity index (χ0) is 18.6. The second-order valence-corrected chi connectivity index (χ2v) is 6.29. The molecule has 0 saturated heterocycles. The summed E-state index contributed by atoms with van der Waals surface area (Å²) in [7, 11) is 0. The van der Waals surface area contributed by atoms with E-state index in [4.69, 9.17) is 20.8 Å². The highest BCUT2D eigenvalue weighted by molar-refractivity contribution is 6.31. The lowest BCUT2D eigenvalue weighted by Gasteiger charge is -2.07. The van der Waals surface area contributed by atoms with Gasteiger partial charge in [0.15, 0.2) is 12.2 Å². The smallest absolute Gasteiger partial charge is 0.262 e. The highest BCUT2D eigenvalue weighted by atomic mass is 35.5. The zero-order valence-corrected chi connectivity index (χ0v) is 14.9. The molecule has 27 heavy (non-hydrogen) atoms. The number of hydrogen-bond donors (Lipinski definition) is 1. The topological polar surface area (TPSA) is 64.4 Å². The Kier molecular flexibility index (Phi) is 4.77. The van der Waals surface area contributed by atoms with Crippen LogP contribution in [0.5, 0.6) is 5.75 Å². The lowest BCUT2D eigenvalue weighted by Crippen LogP contribution is -2.20. The molecule has 0 saturated carbocycles. The maximum atomic E-state index is 12.0. The highest BCUT2D eigenvalue weighted by Crippen LogP contribution is 2.27. The average Bonchev–Trinajstić information content (AvgIpc) is 3.11. The molecule has 0 aliphatic rings. The van der Waals surface area contributed by atoms with Crippen molar-refractivity contribution in [1.82, 2.24) is 4.98 Å². The van der Waals surface area contributed by atoms with Crippen LogP contribution >= 0.6 is 11.6 Å². The third kappa shape index (κ3) is 4.10. The molecular formula is C21H15ClN2O3. The molecule has 0 unspecified atom stereocenters. The minimum atomic E-state index is -0.233. The number of para-hydroxylation sites is 1. The van der Waals surface area contributed by atoms with Gasteiger partial charge in [-0.05, 0) is 48.5 Å². The Bertz CT molecular complexity index is 1080. The van der Waals surface area contributed by atoms with E-state index in [2.05, 4.69) is 10.3 Å². The van der Waals surface area contributed by atoms with Crippen molar-refractivity contribution in [2.24, 2.45) is 0 Å². The summed E-state index contributed by atoms with van der Waals surface area (Å²) in [4.78, 5) is 16.5. The van der Waals surface area contributed by atoms with Gasteiger partial charge in [-0.1, -0.05) is 29.8 Å². The molecule has 1 N–H and O–H groups in total. The lowest BCUT2D eigenvalue weighted by atomic mass is 10.2. The first-order valence-corrected chi connectivity index (χ1v) is 8.69. The molecule has 0 aliphatic carbocycles. The summed E-state index contributed by atoms with van der Waals surface area (Å²) < 4.78 is 11.2. The molecule has 0 spiro atoms. The van der Waals surface area contributed by atoms with Crippen molar-refractivity contribution >= 4 is 34.3 Å². The van der Waals surface area contributed by atoms with Crippen LogP contribution in [-0.4, -0.2) is 17.5 Å². The van der Waals surface area contributed by atoms with E-state index in [9.17, 15) is 4.79 Å². The van der Waals surface area contributed by atoms with Gasteiger partial charge in [-0.25, -0.2) is 4.98 Å². The van der Waals surface area contributed by atoms with E-state index in [-0.39, 0.29) is 12.5 Å². The molecular weight excluding hydrogens is 364 g/mol. The van der Waals surface area contributed by atoms with E-state index < -0.39 is 0 Å². The Balaban J connectivity index is 1.41. The van der Waals surface area contributed by atoms with E-state index >= 15 is 0 Å². The summed E-state index contributed by atoms with van der Waals surface area (Å²) in [6.07, 6.45) is 0. The quantitative estimate of drug-likeness (QED) is 0.520. The number of hydrogen-bond acceptors (Lipinski definition) is 4. The minimum Gasteiger partial charge on any atom is -0.484 e. The molecule has 0 fully saturated rings. The first-order valence-electron chi connectivity index (χ1n) is 8.32. The number of benzene rings is 3. The Labute approximate surface area is 160 Å². The molecule has 0 bridgehead atoms. The Morgan fingerprint density at radius 2 is 1.81 bits per heavy atom. The summed E-state index contributed by atoms with van der Waals surface area (Å²) >= 11 is 5.97. The molecule has 0 aliphatic heterocycles. The number of ether oxygens (including phenoxy) is 1. The van der Waals surface area contributed by atoms with E-state index in [0.29, 0.717) is 27.9 Å². The van der Waals surface area contributed by atoms with E-state index in [1.807, 2.05) is 36.4 Å². The number of carbonyl (C=O) groups is 1. The van der Waals surface area contributed by atoms with Gasteiger partial charge in [-0.15, -0.1) is 0 Å².